The van der Waals surface area contributed by atoms with Gasteiger partial charge in [0.1, 0.15) is 17.3 Å². The van der Waals surface area contributed by atoms with Crippen LogP contribution in [-0.4, -0.2) is 0 Å². The number of nitrogens with two attached hydrogens (primary N) is 1. The SMILES string of the molecule is Cc1cc(C)cc(Oc2cc(C)c(F)cc2[C@@H](C)N)c1. The summed E-state index contributed by atoms with van der Waals surface area (Å²) in [6, 6.07) is 8.86. The second kappa shape index (κ2) is 5.63. The number of benzene rings is 2. The van der Waals surface area contributed by atoms with Gasteiger partial charge in [-0.25, -0.2) is 4.39 Å². The second-order valence-corrected chi connectivity index (χ2v) is 5.35. The minimum Gasteiger partial charge on any atom is -0.457 e. The fourth-order valence-corrected chi connectivity index (χ4v) is 2.23. The quantitative estimate of drug-likeness (QED) is 0.889. The zero-order valence-electron chi connectivity index (χ0n) is 12.3. The average molecular weight is 273 g/mol. The lowest BCUT2D eigenvalue weighted by Gasteiger charge is -2.16. The summed E-state index contributed by atoms with van der Waals surface area (Å²) in [4.78, 5) is 0. The molecule has 0 saturated carbocycles. The summed E-state index contributed by atoms with van der Waals surface area (Å²) < 4.78 is 19.6. The highest BCUT2D eigenvalue weighted by Crippen LogP contribution is 2.32. The van der Waals surface area contributed by atoms with Gasteiger partial charge >= 0.3 is 0 Å². The zero-order chi connectivity index (χ0) is 14.9. The third-order valence-electron chi connectivity index (χ3n) is 3.20. The van der Waals surface area contributed by atoms with Gasteiger partial charge in [-0.3, -0.25) is 0 Å². The van der Waals surface area contributed by atoms with Crippen molar-refractivity contribution in [2.45, 2.75) is 33.7 Å². The van der Waals surface area contributed by atoms with E-state index in [1.807, 2.05) is 32.9 Å². The summed E-state index contributed by atoms with van der Waals surface area (Å²) in [5.41, 5.74) is 9.38. The van der Waals surface area contributed by atoms with E-state index < -0.39 is 0 Å². The summed E-state index contributed by atoms with van der Waals surface area (Å²) in [6.45, 7) is 7.57. The van der Waals surface area contributed by atoms with Crippen molar-refractivity contribution in [3.05, 3.63) is 58.4 Å². The molecular formula is C17H20FNO. The van der Waals surface area contributed by atoms with Gasteiger partial charge in [0.2, 0.25) is 0 Å². The topological polar surface area (TPSA) is 35.2 Å². The van der Waals surface area contributed by atoms with Gasteiger partial charge in [-0.2, -0.15) is 0 Å². The van der Waals surface area contributed by atoms with Gasteiger partial charge in [-0.05, 0) is 68.7 Å². The van der Waals surface area contributed by atoms with E-state index in [0.717, 1.165) is 16.9 Å². The molecular weight excluding hydrogens is 253 g/mol. The Labute approximate surface area is 119 Å². The molecule has 2 aromatic rings. The molecule has 0 amide bonds. The summed E-state index contributed by atoms with van der Waals surface area (Å²) in [6.07, 6.45) is 0. The van der Waals surface area contributed by atoms with Crippen LogP contribution in [0.1, 0.15) is 35.2 Å². The molecule has 0 bridgehead atoms. The maximum Gasteiger partial charge on any atom is 0.132 e. The Balaban J connectivity index is 2.44. The van der Waals surface area contributed by atoms with Crippen LogP contribution in [0.2, 0.25) is 0 Å². The van der Waals surface area contributed by atoms with E-state index in [1.165, 1.54) is 6.07 Å². The van der Waals surface area contributed by atoms with Crippen LogP contribution in [0.5, 0.6) is 11.5 Å². The molecule has 2 rings (SSSR count). The zero-order valence-corrected chi connectivity index (χ0v) is 12.3. The number of halogens is 1. The number of aryl methyl sites for hydroxylation is 3. The number of rotatable bonds is 3. The Morgan fingerprint density at radius 3 is 2.15 bits per heavy atom. The lowest BCUT2D eigenvalue weighted by molar-refractivity contribution is 0.467. The standard InChI is InChI=1S/C17H20FNO/c1-10-5-11(2)7-14(6-10)20-17-8-12(3)16(18)9-15(17)13(4)19/h5-9,13H,19H2,1-4H3/t13-/m1/s1. The third kappa shape index (κ3) is 3.17. The van der Waals surface area contributed by atoms with Crippen LogP contribution < -0.4 is 10.5 Å². The normalized spacial score (nSPS) is 12.3. The first-order valence-electron chi connectivity index (χ1n) is 6.68. The van der Waals surface area contributed by atoms with E-state index in [9.17, 15) is 4.39 Å². The van der Waals surface area contributed by atoms with Gasteiger partial charge in [-0.15, -0.1) is 0 Å². The van der Waals surface area contributed by atoms with Crippen molar-refractivity contribution >= 4 is 0 Å². The van der Waals surface area contributed by atoms with Gasteiger partial charge in [0, 0.05) is 11.6 Å². The maximum atomic E-state index is 13.7. The summed E-state index contributed by atoms with van der Waals surface area (Å²) in [7, 11) is 0. The maximum absolute atomic E-state index is 13.7. The van der Waals surface area contributed by atoms with Crippen molar-refractivity contribution in [3.8, 4) is 11.5 Å². The van der Waals surface area contributed by atoms with E-state index in [1.54, 1.807) is 13.0 Å². The van der Waals surface area contributed by atoms with Gasteiger partial charge in [-0.1, -0.05) is 6.07 Å². The molecule has 1 atom stereocenters. The molecule has 0 aliphatic rings. The van der Waals surface area contributed by atoms with Gasteiger partial charge in [0.15, 0.2) is 0 Å². The molecule has 2 aromatic carbocycles. The predicted octanol–water partition coefficient (Wildman–Crippen LogP) is 4.56. The molecule has 20 heavy (non-hydrogen) atoms. The summed E-state index contributed by atoms with van der Waals surface area (Å²) in [5, 5.41) is 0. The van der Waals surface area contributed by atoms with Crippen molar-refractivity contribution < 1.29 is 9.13 Å². The molecule has 106 valence electrons. The van der Waals surface area contributed by atoms with E-state index in [2.05, 4.69) is 6.07 Å². The van der Waals surface area contributed by atoms with E-state index in [0.29, 0.717) is 16.9 Å². The van der Waals surface area contributed by atoms with Crippen LogP contribution in [0.25, 0.3) is 0 Å². The molecule has 0 saturated heterocycles. The van der Waals surface area contributed by atoms with Gasteiger partial charge in [0.05, 0.1) is 0 Å². The van der Waals surface area contributed by atoms with Crippen molar-refractivity contribution in [2.75, 3.05) is 0 Å². The van der Waals surface area contributed by atoms with Crippen LogP contribution in [-0.2, 0) is 0 Å². The Kier molecular flexibility index (Phi) is 4.09. The lowest BCUT2D eigenvalue weighted by atomic mass is 10.0. The largest absolute Gasteiger partial charge is 0.457 e. The lowest BCUT2D eigenvalue weighted by Crippen LogP contribution is -2.08. The Morgan fingerprint density at radius 1 is 1.00 bits per heavy atom. The second-order valence-electron chi connectivity index (χ2n) is 5.35. The van der Waals surface area contributed by atoms with Gasteiger partial charge < -0.3 is 10.5 Å². The molecule has 0 aliphatic carbocycles. The first kappa shape index (κ1) is 14.5. The van der Waals surface area contributed by atoms with Crippen molar-refractivity contribution in [1.29, 1.82) is 0 Å². The minimum absolute atomic E-state index is 0.259. The molecule has 3 heteroatoms. The van der Waals surface area contributed by atoms with Crippen molar-refractivity contribution in [2.24, 2.45) is 5.73 Å². The fourth-order valence-electron chi connectivity index (χ4n) is 2.23. The smallest absolute Gasteiger partial charge is 0.132 e. The average Bonchev–Trinajstić information content (AvgIpc) is 2.31. The van der Waals surface area contributed by atoms with Crippen LogP contribution >= 0.6 is 0 Å². The summed E-state index contributed by atoms with van der Waals surface area (Å²) in [5.74, 6) is 1.10. The Hall–Kier alpha value is -1.87. The fraction of sp³-hybridized carbons (Fsp3) is 0.294. The highest BCUT2D eigenvalue weighted by atomic mass is 19.1. The Bertz CT molecular complexity index is 615. The minimum atomic E-state index is -0.286. The predicted molar refractivity (Wildman–Crippen MR) is 79.7 cm³/mol. The molecule has 0 heterocycles. The van der Waals surface area contributed by atoms with E-state index >= 15 is 0 Å². The number of hydrogen-bond acceptors (Lipinski definition) is 2. The number of hydrogen-bond donors (Lipinski definition) is 1. The first-order valence-corrected chi connectivity index (χ1v) is 6.68. The first-order chi connectivity index (χ1) is 9.36. The molecule has 0 aromatic heterocycles. The van der Waals surface area contributed by atoms with E-state index in [-0.39, 0.29) is 11.9 Å². The number of ether oxygens (including phenoxy) is 1. The highest BCUT2D eigenvalue weighted by molar-refractivity contribution is 5.44. The molecule has 0 radical (unpaired) electrons. The summed E-state index contributed by atoms with van der Waals surface area (Å²) >= 11 is 0. The monoisotopic (exact) mass is 273 g/mol. The van der Waals surface area contributed by atoms with Crippen LogP contribution in [0.3, 0.4) is 0 Å². The van der Waals surface area contributed by atoms with Crippen LogP contribution in [0, 0.1) is 26.6 Å². The molecule has 2 nitrogen and oxygen atoms in total. The molecule has 0 spiro atoms. The van der Waals surface area contributed by atoms with E-state index in [4.69, 9.17) is 10.5 Å². The van der Waals surface area contributed by atoms with Gasteiger partial charge in [0.25, 0.3) is 0 Å². The molecule has 0 fully saturated rings. The van der Waals surface area contributed by atoms with Crippen molar-refractivity contribution in [3.63, 3.8) is 0 Å². The van der Waals surface area contributed by atoms with Crippen molar-refractivity contribution in [1.82, 2.24) is 0 Å². The van der Waals surface area contributed by atoms with Crippen LogP contribution in [0.4, 0.5) is 4.39 Å². The molecule has 0 unspecified atom stereocenters. The Morgan fingerprint density at radius 2 is 1.60 bits per heavy atom. The molecule has 0 aliphatic heterocycles. The molecule has 2 N–H and O–H groups in total. The highest BCUT2D eigenvalue weighted by Gasteiger charge is 2.13. The van der Waals surface area contributed by atoms with Crippen LogP contribution in [0.15, 0.2) is 30.3 Å². The third-order valence-corrected chi connectivity index (χ3v) is 3.20.